The van der Waals surface area contributed by atoms with Gasteiger partial charge in [0.05, 0.1) is 25.7 Å². The average Bonchev–Trinajstić information content (AvgIpc) is 3.42. The fourth-order valence-electron chi connectivity index (χ4n) is 9.57. The van der Waals surface area contributed by atoms with E-state index in [0.717, 1.165) is 71.6 Å². The molecule has 7 rings (SSSR count). The van der Waals surface area contributed by atoms with Gasteiger partial charge in [0.25, 0.3) is 0 Å². The number of nitrogens with zero attached hydrogens (tertiary/aromatic N) is 3. The third kappa shape index (κ3) is 10.0. The van der Waals surface area contributed by atoms with Crippen LogP contribution in [0.25, 0.3) is 0 Å². The number of urea groups is 1. The molecule has 2 N–H and O–H groups in total. The summed E-state index contributed by atoms with van der Waals surface area (Å²) in [6, 6.07) is 21.9. The Balaban J connectivity index is 1.09. The molecule has 4 aliphatic rings. The van der Waals surface area contributed by atoms with Crippen molar-refractivity contribution in [1.29, 1.82) is 0 Å². The molecular formula is C46H60N5O8+. The fourth-order valence-corrected chi connectivity index (χ4v) is 9.57. The zero-order chi connectivity index (χ0) is 41.4. The van der Waals surface area contributed by atoms with Crippen LogP contribution in [0.2, 0.25) is 0 Å². The number of ether oxygens (including phenoxy) is 4. The number of carbonyl (C=O) groups excluding carboxylic acids is 4. The molecule has 0 aliphatic carbocycles. The van der Waals surface area contributed by atoms with Crippen molar-refractivity contribution >= 4 is 29.9 Å². The Bertz CT molecular complexity index is 1910. The highest BCUT2D eigenvalue weighted by atomic mass is 16.7. The highest BCUT2D eigenvalue weighted by molar-refractivity contribution is 5.91. The van der Waals surface area contributed by atoms with Crippen molar-refractivity contribution in [1.82, 2.24) is 15.1 Å². The summed E-state index contributed by atoms with van der Waals surface area (Å²) in [7, 11) is 0. The molecule has 4 heterocycles. The molecular weight excluding hydrogens is 751 g/mol. The molecule has 316 valence electrons. The lowest BCUT2D eigenvalue weighted by molar-refractivity contribution is -0.888. The van der Waals surface area contributed by atoms with Gasteiger partial charge in [-0.1, -0.05) is 60.7 Å². The number of anilines is 1. The van der Waals surface area contributed by atoms with E-state index < -0.39 is 18.4 Å². The Morgan fingerprint density at radius 2 is 1.53 bits per heavy atom. The van der Waals surface area contributed by atoms with E-state index in [1.807, 2.05) is 85.5 Å². The molecule has 13 nitrogen and oxygen atoms in total. The minimum absolute atomic E-state index is 0.0220. The lowest BCUT2D eigenvalue weighted by Crippen LogP contribution is -2.68. The van der Waals surface area contributed by atoms with Crippen LogP contribution in [0.1, 0.15) is 73.3 Å². The van der Waals surface area contributed by atoms with Crippen molar-refractivity contribution in [2.75, 3.05) is 57.7 Å². The third-order valence-electron chi connectivity index (χ3n) is 12.7. The second-order valence-corrected chi connectivity index (χ2v) is 16.5. The Hall–Kier alpha value is -5.14. The van der Waals surface area contributed by atoms with Gasteiger partial charge in [-0.2, -0.15) is 0 Å². The molecule has 1 atom stereocenters. The van der Waals surface area contributed by atoms with Crippen LogP contribution in [-0.2, 0) is 38.5 Å². The van der Waals surface area contributed by atoms with Crippen LogP contribution in [0, 0.1) is 13.8 Å². The first-order valence-electron chi connectivity index (χ1n) is 21.5. The first-order chi connectivity index (χ1) is 28.6. The molecule has 0 unspecified atom stereocenters. The minimum Gasteiger partial charge on any atom is -0.488 e. The third-order valence-corrected chi connectivity index (χ3v) is 12.7. The van der Waals surface area contributed by atoms with Gasteiger partial charge in [0.15, 0.2) is 0 Å². The molecule has 0 radical (unpaired) electrons. The highest BCUT2D eigenvalue weighted by Gasteiger charge is 2.51. The summed E-state index contributed by atoms with van der Waals surface area (Å²) in [5.41, 5.74) is 5.79. The maximum atomic E-state index is 15.3. The van der Waals surface area contributed by atoms with Crippen molar-refractivity contribution in [2.24, 2.45) is 0 Å². The molecule has 4 amide bonds. The minimum atomic E-state index is -1.05. The highest BCUT2D eigenvalue weighted by Crippen LogP contribution is 2.34. The predicted molar refractivity (Wildman–Crippen MR) is 223 cm³/mol. The van der Waals surface area contributed by atoms with E-state index in [1.54, 1.807) is 11.8 Å². The largest absolute Gasteiger partial charge is 0.508 e. The number of nitrogens with one attached hydrogen (secondary N) is 2. The van der Waals surface area contributed by atoms with Crippen molar-refractivity contribution in [3.8, 4) is 5.75 Å². The van der Waals surface area contributed by atoms with E-state index in [0.29, 0.717) is 65.0 Å². The van der Waals surface area contributed by atoms with Crippen LogP contribution in [0.3, 0.4) is 0 Å². The van der Waals surface area contributed by atoms with Crippen molar-refractivity contribution in [3.63, 3.8) is 0 Å². The van der Waals surface area contributed by atoms with Gasteiger partial charge < -0.3 is 39.4 Å². The summed E-state index contributed by atoms with van der Waals surface area (Å²) < 4.78 is 23.6. The Kier molecular flexibility index (Phi) is 13.7. The van der Waals surface area contributed by atoms with Crippen molar-refractivity contribution in [2.45, 2.75) is 103 Å². The number of rotatable bonds is 11. The van der Waals surface area contributed by atoms with E-state index in [1.165, 1.54) is 0 Å². The lowest BCUT2D eigenvalue weighted by Gasteiger charge is -2.48. The number of likely N-dealkylation sites (tertiary alicyclic amines) is 2. The SMILES string of the molecule is CCOC(=O)OC1CC[N+](C(=O)[C@@H](Cc2cc(C)c(OCc3ccccc3)c(C)c2)OC(=O)N2CCC(N3CCc4ccccc4NC3=O)CC2)(C2CCNCC2)CC1. The van der Waals surface area contributed by atoms with Gasteiger partial charge in [-0.3, -0.25) is 4.48 Å². The summed E-state index contributed by atoms with van der Waals surface area (Å²) in [5, 5.41) is 6.51. The summed E-state index contributed by atoms with van der Waals surface area (Å²) in [6.07, 6.45) is 2.19. The van der Waals surface area contributed by atoms with Gasteiger partial charge in [-0.25, -0.2) is 19.2 Å². The van der Waals surface area contributed by atoms with Crippen LogP contribution in [0.4, 0.5) is 20.1 Å². The first-order valence-corrected chi connectivity index (χ1v) is 21.5. The summed E-state index contributed by atoms with van der Waals surface area (Å²) in [6.45, 7) is 10.4. The molecule has 0 bridgehead atoms. The zero-order valence-corrected chi connectivity index (χ0v) is 34.8. The number of aryl methyl sites for hydroxylation is 2. The Morgan fingerprint density at radius 3 is 2.22 bits per heavy atom. The average molecular weight is 811 g/mol. The van der Waals surface area contributed by atoms with Gasteiger partial charge in [0, 0.05) is 76.6 Å². The van der Waals surface area contributed by atoms with Crippen molar-refractivity contribution < 1.29 is 42.6 Å². The number of quaternary nitrogens is 1. The van der Waals surface area contributed by atoms with E-state index in [9.17, 15) is 14.4 Å². The van der Waals surface area contributed by atoms with Gasteiger partial charge in [0.2, 0.25) is 6.10 Å². The lowest BCUT2D eigenvalue weighted by atomic mass is 9.92. The molecule has 59 heavy (non-hydrogen) atoms. The summed E-state index contributed by atoms with van der Waals surface area (Å²) in [5.74, 6) is 0.680. The second-order valence-electron chi connectivity index (χ2n) is 16.5. The van der Waals surface area contributed by atoms with Crippen LogP contribution in [0.5, 0.6) is 5.75 Å². The van der Waals surface area contributed by atoms with E-state index >= 15 is 4.79 Å². The Morgan fingerprint density at radius 1 is 0.847 bits per heavy atom. The molecule has 0 aromatic heterocycles. The van der Waals surface area contributed by atoms with Crippen LogP contribution in [-0.4, -0.2) is 115 Å². The molecule has 3 fully saturated rings. The summed E-state index contributed by atoms with van der Waals surface area (Å²) >= 11 is 0. The number of amides is 4. The topological polar surface area (TPSA) is 136 Å². The second kappa shape index (κ2) is 19.3. The van der Waals surface area contributed by atoms with Crippen LogP contribution >= 0.6 is 0 Å². The number of piperidine rings is 3. The quantitative estimate of drug-likeness (QED) is 0.156. The number of carbonyl (C=O) groups is 4. The number of benzene rings is 3. The molecule has 0 spiro atoms. The molecule has 0 saturated carbocycles. The summed E-state index contributed by atoms with van der Waals surface area (Å²) in [4.78, 5) is 58.7. The van der Waals surface area contributed by atoms with Gasteiger partial charge in [0.1, 0.15) is 18.5 Å². The van der Waals surface area contributed by atoms with Crippen LogP contribution in [0.15, 0.2) is 66.7 Å². The predicted octanol–water partition coefficient (Wildman–Crippen LogP) is 6.92. The van der Waals surface area contributed by atoms with Crippen LogP contribution < -0.4 is 15.4 Å². The fraction of sp³-hybridized carbons (Fsp3) is 0.522. The van der Waals surface area contributed by atoms with Gasteiger partial charge in [-0.15, -0.1) is 0 Å². The molecule has 13 heteroatoms. The smallest absolute Gasteiger partial charge is 0.488 e. The Labute approximate surface area is 347 Å². The number of fused-ring (bicyclic) bond motifs is 1. The maximum Gasteiger partial charge on any atom is 0.508 e. The zero-order valence-electron chi connectivity index (χ0n) is 34.8. The number of para-hydroxylation sites is 1. The van der Waals surface area contributed by atoms with E-state index in [2.05, 4.69) is 10.6 Å². The van der Waals surface area contributed by atoms with Crippen molar-refractivity contribution in [3.05, 3.63) is 94.5 Å². The first kappa shape index (κ1) is 42.0. The molecule has 3 aromatic rings. The van der Waals surface area contributed by atoms with Gasteiger partial charge >= 0.3 is 24.2 Å². The van der Waals surface area contributed by atoms with E-state index in [-0.39, 0.29) is 47.6 Å². The molecule has 3 aromatic carbocycles. The normalized spacial score (nSPS) is 22.0. The monoisotopic (exact) mass is 810 g/mol. The number of hydrogen-bond acceptors (Lipinski definition) is 9. The van der Waals surface area contributed by atoms with Gasteiger partial charge in [-0.05, 0) is 73.9 Å². The number of hydrogen-bond donors (Lipinski definition) is 2. The maximum absolute atomic E-state index is 15.3. The molecule has 4 aliphatic heterocycles. The standard InChI is InChI=1S/C46H59N5O8/c1-4-56-46(55)58-39-19-26-51(27-20-39,38-14-21-47-22-15-38)43(52)41(30-35-28-32(2)42(33(3)29-35)57-31-34-10-6-5-7-11-34)59-45(54)49-23-17-37(18-24-49)50-25-16-36-12-8-9-13-40(36)48-44(50)53/h5-13,28-29,37-39,41,47H,4,14-27,30-31H2,1-3H3/p+1/t39?,41-,51?/m1/s1. The van der Waals surface area contributed by atoms with E-state index in [4.69, 9.17) is 18.9 Å². The molecule has 3 saturated heterocycles.